The van der Waals surface area contributed by atoms with E-state index in [1.165, 1.54) is 4.90 Å². The topological polar surface area (TPSA) is 66.1 Å². The smallest absolute Gasteiger partial charge is 0.262 e. The lowest BCUT2D eigenvalue weighted by Gasteiger charge is -2.12. The predicted octanol–water partition coefficient (Wildman–Crippen LogP) is 1.82. The molecule has 0 atom stereocenters. The number of hydrogen-bond acceptors (Lipinski definition) is 3. The van der Waals surface area contributed by atoms with Crippen LogP contribution >= 0.6 is 0 Å². The van der Waals surface area contributed by atoms with Crippen LogP contribution in [0.25, 0.3) is 0 Å². The van der Waals surface area contributed by atoms with Crippen LogP contribution in [0, 0.1) is 13.8 Å². The summed E-state index contributed by atoms with van der Waals surface area (Å²) in [5.74, 6) is -0.440. The Morgan fingerprint density at radius 2 is 1.68 bits per heavy atom. The van der Waals surface area contributed by atoms with E-state index in [1.54, 1.807) is 12.4 Å². The van der Waals surface area contributed by atoms with Gasteiger partial charge in [-0.3, -0.25) is 19.6 Å². The molecular weight excluding hydrogens is 242 g/mol. The highest BCUT2D eigenvalue weighted by molar-refractivity contribution is 6.22. The third kappa shape index (κ3) is 1.66. The van der Waals surface area contributed by atoms with Crippen LogP contribution in [0.5, 0.6) is 0 Å². The molecule has 5 heteroatoms. The summed E-state index contributed by atoms with van der Waals surface area (Å²) in [5.41, 5.74) is 3.56. The number of nitrogens with zero attached hydrogens (tertiary/aromatic N) is 2. The second-order valence-electron chi connectivity index (χ2n) is 4.75. The van der Waals surface area contributed by atoms with E-state index in [1.807, 2.05) is 26.0 Å². The van der Waals surface area contributed by atoms with Crippen molar-refractivity contribution in [1.82, 2.24) is 15.1 Å². The molecule has 2 aromatic rings. The van der Waals surface area contributed by atoms with Crippen LogP contribution in [0.15, 0.2) is 24.5 Å². The van der Waals surface area contributed by atoms with Gasteiger partial charge >= 0.3 is 0 Å². The SMILES string of the molecule is Cc1ccc(C)c2c1C(=O)N(Cc1cn[nH]c1)C2=O. The van der Waals surface area contributed by atoms with Gasteiger partial charge < -0.3 is 0 Å². The van der Waals surface area contributed by atoms with E-state index in [9.17, 15) is 9.59 Å². The van der Waals surface area contributed by atoms with E-state index in [4.69, 9.17) is 0 Å². The summed E-state index contributed by atoms with van der Waals surface area (Å²) in [6.07, 6.45) is 3.30. The third-order valence-corrected chi connectivity index (χ3v) is 3.44. The molecule has 1 aromatic carbocycles. The molecule has 0 spiro atoms. The molecule has 2 amide bonds. The van der Waals surface area contributed by atoms with Crippen molar-refractivity contribution in [3.05, 3.63) is 52.3 Å². The van der Waals surface area contributed by atoms with Crippen LogP contribution in [0.2, 0.25) is 0 Å². The molecule has 0 unspecified atom stereocenters. The maximum absolute atomic E-state index is 12.4. The molecule has 19 heavy (non-hydrogen) atoms. The molecule has 3 rings (SSSR count). The van der Waals surface area contributed by atoms with Crippen molar-refractivity contribution in [2.24, 2.45) is 0 Å². The van der Waals surface area contributed by atoms with Gasteiger partial charge in [-0.2, -0.15) is 5.10 Å². The number of amides is 2. The zero-order valence-corrected chi connectivity index (χ0v) is 10.7. The van der Waals surface area contributed by atoms with E-state index in [-0.39, 0.29) is 18.4 Å². The first-order chi connectivity index (χ1) is 9.09. The molecule has 0 saturated carbocycles. The van der Waals surface area contributed by atoms with Gasteiger partial charge in [0.25, 0.3) is 11.8 Å². The lowest BCUT2D eigenvalue weighted by Crippen LogP contribution is -2.29. The van der Waals surface area contributed by atoms with Crippen LogP contribution in [0.4, 0.5) is 0 Å². The monoisotopic (exact) mass is 255 g/mol. The number of benzene rings is 1. The van der Waals surface area contributed by atoms with Crippen LogP contribution in [0.1, 0.15) is 37.4 Å². The van der Waals surface area contributed by atoms with Gasteiger partial charge in [0, 0.05) is 11.8 Å². The molecule has 0 radical (unpaired) electrons. The Morgan fingerprint density at radius 1 is 1.11 bits per heavy atom. The molecule has 1 aromatic heterocycles. The summed E-state index contributed by atoms with van der Waals surface area (Å²) in [6.45, 7) is 3.96. The standard InChI is InChI=1S/C14H13N3O2/c1-8-3-4-9(2)12-11(8)13(18)17(14(12)19)7-10-5-15-16-6-10/h3-6H,7H2,1-2H3,(H,15,16). The lowest BCUT2D eigenvalue weighted by molar-refractivity contribution is 0.0642. The average molecular weight is 255 g/mol. The summed E-state index contributed by atoms with van der Waals surface area (Å²) in [5, 5.41) is 6.50. The molecule has 0 aliphatic carbocycles. The van der Waals surface area contributed by atoms with Crippen LogP contribution in [0.3, 0.4) is 0 Å². The Morgan fingerprint density at radius 3 is 2.16 bits per heavy atom. The minimum Gasteiger partial charge on any atom is -0.285 e. The number of H-pyrrole nitrogens is 1. The highest BCUT2D eigenvalue weighted by Gasteiger charge is 2.37. The number of fused-ring (bicyclic) bond motifs is 1. The van der Waals surface area contributed by atoms with Crippen LogP contribution in [-0.2, 0) is 6.54 Å². The number of rotatable bonds is 2. The normalized spacial score (nSPS) is 14.1. The molecule has 1 N–H and O–H groups in total. The van der Waals surface area contributed by atoms with Gasteiger partial charge in [0.2, 0.25) is 0 Å². The van der Waals surface area contributed by atoms with Crippen molar-refractivity contribution < 1.29 is 9.59 Å². The van der Waals surface area contributed by atoms with Gasteiger partial charge in [0.1, 0.15) is 0 Å². The second-order valence-corrected chi connectivity index (χ2v) is 4.75. The van der Waals surface area contributed by atoms with E-state index in [2.05, 4.69) is 10.2 Å². The predicted molar refractivity (Wildman–Crippen MR) is 68.7 cm³/mol. The van der Waals surface area contributed by atoms with Crippen molar-refractivity contribution in [1.29, 1.82) is 0 Å². The number of imide groups is 1. The number of aromatic amines is 1. The first kappa shape index (κ1) is 11.6. The van der Waals surface area contributed by atoms with E-state index in [0.717, 1.165) is 16.7 Å². The summed E-state index contributed by atoms with van der Waals surface area (Å²) >= 11 is 0. The largest absolute Gasteiger partial charge is 0.285 e. The highest BCUT2D eigenvalue weighted by Crippen LogP contribution is 2.29. The first-order valence-corrected chi connectivity index (χ1v) is 6.03. The average Bonchev–Trinajstić information content (AvgIpc) is 2.97. The van der Waals surface area contributed by atoms with E-state index < -0.39 is 0 Å². The molecule has 5 nitrogen and oxygen atoms in total. The maximum Gasteiger partial charge on any atom is 0.262 e. The molecule has 0 fully saturated rings. The fourth-order valence-corrected chi connectivity index (χ4v) is 2.41. The number of aryl methyl sites for hydroxylation is 2. The van der Waals surface area contributed by atoms with Gasteiger partial charge in [-0.1, -0.05) is 12.1 Å². The Kier molecular flexibility index (Phi) is 2.48. The van der Waals surface area contributed by atoms with Crippen molar-refractivity contribution in [2.45, 2.75) is 20.4 Å². The Bertz CT molecular complexity index is 633. The Labute approximate surface area is 110 Å². The lowest BCUT2D eigenvalue weighted by atomic mass is 9.99. The summed E-state index contributed by atoms with van der Waals surface area (Å²) < 4.78 is 0. The molecule has 0 bridgehead atoms. The van der Waals surface area contributed by atoms with Crippen LogP contribution < -0.4 is 0 Å². The number of carbonyl (C=O) groups is 2. The maximum atomic E-state index is 12.4. The first-order valence-electron chi connectivity index (χ1n) is 6.03. The van der Waals surface area contributed by atoms with Gasteiger partial charge in [0.15, 0.2) is 0 Å². The Balaban J connectivity index is 2.05. The molecule has 1 aliphatic rings. The third-order valence-electron chi connectivity index (χ3n) is 3.44. The van der Waals surface area contributed by atoms with Crippen molar-refractivity contribution in [2.75, 3.05) is 0 Å². The van der Waals surface area contributed by atoms with Crippen molar-refractivity contribution in [3.63, 3.8) is 0 Å². The summed E-state index contributed by atoms with van der Waals surface area (Å²) in [4.78, 5) is 26.0. The van der Waals surface area contributed by atoms with Gasteiger partial charge in [0.05, 0.1) is 23.9 Å². The number of hydrogen-bond donors (Lipinski definition) is 1. The van der Waals surface area contributed by atoms with Crippen molar-refractivity contribution >= 4 is 11.8 Å². The summed E-state index contributed by atoms with van der Waals surface area (Å²) in [7, 11) is 0. The van der Waals surface area contributed by atoms with E-state index in [0.29, 0.717) is 11.1 Å². The highest BCUT2D eigenvalue weighted by atomic mass is 16.2. The minimum absolute atomic E-state index is 0.220. The zero-order valence-electron chi connectivity index (χ0n) is 10.7. The minimum atomic E-state index is -0.220. The Hall–Kier alpha value is -2.43. The number of carbonyl (C=O) groups excluding carboxylic acids is 2. The molecule has 1 aliphatic heterocycles. The molecule has 2 heterocycles. The van der Waals surface area contributed by atoms with Gasteiger partial charge in [-0.15, -0.1) is 0 Å². The van der Waals surface area contributed by atoms with Gasteiger partial charge in [-0.25, -0.2) is 0 Å². The fourth-order valence-electron chi connectivity index (χ4n) is 2.41. The number of nitrogens with one attached hydrogen (secondary N) is 1. The van der Waals surface area contributed by atoms with Crippen LogP contribution in [-0.4, -0.2) is 26.9 Å². The molecular formula is C14H13N3O2. The summed E-state index contributed by atoms with van der Waals surface area (Å²) in [6, 6.07) is 3.75. The molecule has 96 valence electrons. The van der Waals surface area contributed by atoms with E-state index >= 15 is 0 Å². The molecule has 0 saturated heterocycles. The second kappa shape index (κ2) is 4.05. The van der Waals surface area contributed by atoms with Crippen molar-refractivity contribution in [3.8, 4) is 0 Å². The van der Waals surface area contributed by atoms with Gasteiger partial charge in [-0.05, 0) is 25.0 Å². The quantitative estimate of drug-likeness (QED) is 0.832. The number of aromatic nitrogens is 2. The zero-order chi connectivity index (χ0) is 13.6. The fraction of sp³-hybridized carbons (Fsp3) is 0.214.